The highest BCUT2D eigenvalue weighted by atomic mass is 16.2. The van der Waals surface area contributed by atoms with Gasteiger partial charge in [0, 0.05) is 19.5 Å². The van der Waals surface area contributed by atoms with Gasteiger partial charge in [0.15, 0.2) is 0 Å². The molecule has 0 bridgehead atoms. The van der Waals surface area contributed by atoms with E-state index in [2.05, 4.69) is 12.2 Å². The molecule has 68 valence electrons. The molecule has 0 unspecified atom stereocenters. The molecule has 1 rings (SSSR count). The molecule has 0 saturated carbocycles. The first-order chi connectivity index (χ1) is 5.74. The Labute approximate surface area is 71.9 Å². The number of unbranched alkanes of at least 4 members (excludes halogenated alkanes) is 1. The van der Waals surface area contributed by atoms with E-state index in [0.717, 1.165) is 19.4 Å². The van der Waals surface area contributed by atoms with Gasteiger partial charge < -0.3 is 4.90 Å². The highest BCUT2D eigenvalue weighted by molar-refractivity contribution is 5.96. The van der Waals surface area contributed by atoms with Gasteiger partial charge in [-0.1, -0.05) is 13.3 Å². The first kappa shape index (κ1) is 9.03. The molecule has 1 fully saturated rings. The molecule has 0 aromatic heterocycles. The molecule has 1 aliphatic rings. The second kappa shape index (κ2) is 4.09. The summed E-state index contributed by atoms with van der Waals surface area (Å²) in [4.78, 5) is 23.5. The van der Waals surface area contributed by atoms with Gasteiger partial charge in [-0.3, -0.25) is 10.1 Å². The van der Waals surface area contributed by atoms with E-state index in [1.807, 2.05) is 0 Å². The Morgan fingerprint density at radius 2 is 2.25 bits per heavy atom. The van der Waals surface area contributed by atoms with Gasteiger partial charge in [0.1, 0.15) is 0 Å². The molecule has 12 heavy (non-hydrogen) atoms. The van der Waals surface area contributed by atoms with Crippen LogP contribution in [0.4, 0.5) is 4.79 Å². The van der Waals surface area contributed by atoms with Gasteiger partial charge >= 0.3 is 6.03 Å². The molecule has 0 aromatic rings. The number of carbonyl (C=O) groups is 2. The minimum atomic E-state index is -0.236. The van der Waals surface area contributed by atoms with Gasteiger partial charge in [0.25, 0.3) is 0 Å². The number of hydrogen-bond donors (Lipinski definition) is 1. The smallest absolute Gasteiger partial charge is 0.324 e. The second-order valence-corrected chi connectivity index (χ2v) is 2.94. The molecule has 1 N–H and O–H groups in total. The number of imide groups is 1. The Morgan fingerprint density at radius 3 is 2.83 bits per heavy atom. The number of rotatable bonds is 3. The van der Waals surface area contributed by atoms with Gasteiger partial charge in [-0.25, -0.2) is 4.79 Å². The Kier molecular flexibility index (Phi) is 3.08. The van der Waals surface area contributed by atoms with Crippen molar-refractivity contribution in [2.24, 2.45) is 0 Å². The van der Waals surface area contributed by atoms with Crippen molar-refractivity contribution in [3.8, 4) is 0 Å². The summed E-state index contributed by atoms with van der Waals surface area (Å²) >= 11 is 0. The molecule has 4 heteroatoms. The number of nitrogens with zero attached hydrogens (tertiary/aromatic N) is 1. The van der Waals surface area contributed by atoms with Crippen LogP contribution in [-0.4, -0.2) is 29.9 Å². The van der Waals surface area contributed by atoms with Crippen LogP contribution in [0.3, 0.4) is 0 Å². The summed E-state index contributed by atoms with van der Waals surface area (Å²) in [6, 6.07) is -0.236. The lowest BCUT2D eigenvalue weighted by molar-refractivity contribution is -0.121. The van der Waals surface area contributed by atoms with E-state index < -0.39 is 0 Å². The van der Waals surface area contributed by atoms with E-state index in [-0.39, 0.29) is 11.9 Å². The third-order valence-corrected chi connectivity index (χ3v) is 1.92. The summed E-state index contributed by atoms with van der Waals surface area (Å²) < 4.78 is 0. The molecule has 0 aromatic carbocycles. The van der Waals surface area contributed by atoms with Crippen LogP contribution in [0.5, 0.6) is 0 Å². The first-order valence-corrected chi connectivity index (χ1v) is 4.32. The monoisotopic (exact) mass is 170 g/mol. The zero-order valence-corrected chi connectivity index (χ0v) is 7.30. The van der Waals surface area contributed by atoms with Crippen LogP contribution in [0.2, 0.25) is 0 Å². The average molecular weight is 170 g/mol. The largest absolute Gasteiger partial charge is 0.324 e. The van der Waals surface area contributed by atoms with Crippen molar-refractivity contribution in [2.75, 3.05) is 13.1 Å². The predicted molar refractivity (Wildman–Crippen MR) is 44.6 cm³/mol. The van der Waals surface area contributed by atoms with Crippen molar-refractivity contribution in [3.05, 3.63) is 0 Å². The van der Waals surface area contributed by atoms with E-state index >= 15 is 0 Å². The lowest BCUT2D eigenvalue weighted by atomic mass is 10.2. The van der Waals surface area contributed by atoms with Crippen molar-refractivity contribution < 1.29 is 9.59 Å². The van der Waals surface area contributed by atoms with Crippen LogP contribution in [0.25, 0.3) is 0 Å². The summed E-state index contributed by atoms with van der Waals surface area (Å²) in [6.07, 6.45) is 2.51. The van der Waals surface area contributed by atoms with E-state index in [1.165, 1.54) is 0 Å². The molecule has 0 spiro atoms. The molecule has 1 aliphatic heterocycles. The van der Waals surface area contributed by atoms with Crippen LogP contribution in [0.1, 0.15) is 26.2 Å². The molecular formula is C8H14N2O2. The van der Waals surface area contributed by atoms with Crippen molar-refractivity contribution in [1.82, 2.24) is 10.2 Å². The lowest BCUT2D eigenvalue weighted by Crippen LogP contribution is -2.49. The molecule has 1 heterocycles. The molecule has 4 nitrogen and oxygen atoms in total. The summed E-state index contributed by atoms with van der Waals surface area (Å²) in [5.41, 5.74) is 0. The third-order valence-electron chi connectivity index (χ3n) is 1.92. The normalized spacial score (nSPS) is 17.9. The maximum atomic E-state index is 11.1. The fourth-order valence-electron chi connectivity index (χ4n) is 1.16. The van der Waals surface area contributed by atoms with Gasteiger partial charge in [0.2, 0.25) is 5.91 Å². The molecular weight excluding hydrogens is 156 g/mol. The Morgan fingerprint density at radius 1 is 1.50 bits per heavy atom. The van der Waals surface area contributed by atoms with Crippen LogP contribution < -0.4 is 5.32 Å². The molecule has 1 saturated heterocycles. The fraction of sp³-hybridized carbons (Fsp3) is 0.750. The Balaban J connectivity index is 2.35. The fourth-order valence-corrected chi connectivity index (χ4v) is 1.16. The minimum Gasteiger partial charge on any atom is -0.324 e. The van der Waals surface area contributed by atoms with E-state index in [4.69, 9.17) is 0 Å². The minimum absolute atomic E-state index is 0.159. The lowest BCUT2D eigenvalue weighted by Gasteiger charge is -2.26. The highest BCUT2D eigenvalue weighted by Gasteiger charge is 2.21. The maximum Gasteiger partial charge on any atom is 0.324 e. The zero-order valence-electron chi connectivity index (χ0n) is 7.30. The van der Waals surface area contributed by atoms with Gasteiger partial charge in [-0.2, -0.15) is 0 Å². The van der Waals surface area contributed by atoms with Crippen LogP contribution in [0, 0.1) is 0 Å². The van der Waals surface area contributed by atoms with Crippen molar-refractivity contribution in [3.63, 3.8) is 0 Å². The van der Waals surface area contributed by atoms with Gasteiger partial charge in [-0.05, 0) is 6.42 Å². The van der Waals surface area contributed by atoms with E-state index in [1.54, 1.807) is 4.90 Å². The van der Waals surface area contributed by atoms with Crippen LogP contribution in [0.15, 0.2) is 0 Å². The zero-order chi connectivity index (χ0) is 8.97. The SMILES string of the molecule is CCCCN1CCC(=O)NC1=O. The van der Waals surface area contributed by atoms with Crippen molar-refractivity contribution in [2.45, 2.75) is 26.2 Å². The summed E-state index contributed by atoms with van der Waals surface area (Å²) in [6.45, 7) is 3.41. The number of carbonyl (C=O) groups excluding carboxylic acids is 2. The van der Waals surface area contributed by atoms with Crippen LogP contribution >= 0.6 is 0 Å². The van der Waals surface area contributed by atoms with Crippen molar-refractivity contribution in [1.29, 1.82) is 0 Å². The first-order valence-electron chi connectivity index (χ1n) is 4.32. The molecule has 0 radical (unpaired) electrons. The van der Waals surface area contributed by atoms with Crippen LogP contribution in [-0.2, 0) is 4.79 Å². The Hall–Kier alpha value is -1.06. The molecule has 0 atom stereocenters. The number of urea groups is 1. The second-order valence-electron chi connectivity index (χ2n) is 2.94. The summed E-state index contributed by atoms with van der Waals surface area (Å²) in [5.74, 6) is -0.159. The predicted octanol–water partition coefficient (Wildman–Crippen LogP) is 0.728. The topological polar surface area (TPSA) is 49.4 Å². The quantitative estimate of drug-likeness (QED) is 0.678. The number of nitrogens with one attached hydrogen (secondary N) is 1. The molecule has 0 aliphatic carbocycles. The Bertz CT molecular complexity index is 191. The molecule has 3 amide bonds. The highest BCUT2D eigenvalue weighted by Crippen LogP contribution is 2.02. The third kappa shape index (κ3) is 2.22. The number of hydrogen-bond acceptors (Lipinski definition) is 2. The van der Waals surface area contributed by atoms with Crippen molar-refractivity contribution >= 4 is 11.9 Å². The van der Waals surface area contributed by atoms with Gasteiger partial charge in [-0.15, -0.1) is 0 Å². The van der Waals surface area contributed by atoms with Gasteiger partial charge in [0.05, 0.1) is 0 Å². The summed E-state index contributed by atoms with van der Waals surface area (Å²) in [7, 11) is 0. The standard InChI is InChI=1S/C8H14N2O2/c1-2-3-5-10-6-4-7(11)9-8(10)12/h2-6H2,1H3,(H,9,11,12). The van der Waals surface area contributed by atoms with E-state index in [9.17, 15) is 9.59 Å². The maximum absolute atomic E-state index is 11.1. The summed E-state index contributed by atoms with van der Waals surface area (Å²) in [5, 5.41) is 2.29. The van der Waals surface area contributed by atoms with E-state index in [0.29, 0.717) is 13.0 Å². The number of amides is 3. The average Bonchev–Trinajstić information content (AvgIpc) is 2.03.